The van der Waals surface area contributed by atoms with E-state index in [1.165, 1.54) is 17.0 Å². The average molecular weight is 480 g/mol. The molecule has 1 atom stereocenters. The molecule has 1 aromatic heterocycles. The highest BCUT2D eigenvalue weighted by molar-refractivity contribution is 7.92. The molecule has 1 saturated heterocycles. The number of sulfone groups is 1. The molecule has 0 aliphatic carbocycles. The quantitative estimate of drug-likeness (QED) is 0.565. The molecule has 1 aliphatic rings. The number of rotatable bonds is 4. The molecule has 32 heavy (non-hydrogen) atoms. The maximum Gasteiger partial charge on any atom is 0.501 e. The number of pyridine rings is 1. The zero-order chi connectivity index (χ0) is 23.3. The Labute approximate surface area is 187 Å². The molecular weight excluding hydrogens is 463 g/mol. The maximum absolute atomic E-state index is 12.9. The van der Waals surface area contributed by atoms with Crippen molar-refractivity contribution in [3.63, 3.8) is 0 Å². The number of aromatic nitrogens is 1. The van der Waals surface area contributed by atoms with Crippen LogP contribution in [0, 0.1) is 0 Å². The standard InChI is InChI=1S/C21H16F3N3O3S2/c1-20(14-6-8-15(9-7-14)32(29,30)21(22,23)24)18(31)26-19(28)27(20)12-13-10-11-25-17-5-3-2-4-16(13)17/h2-11H,12H2,1H3,(H,26,28,31)/t20-/m0/s1. The van der Waals surface area contributed by atoms with Gasteiger partial charge in [-0.1, -0.05) is 42.5 Å². The van der Waals surface area contributed by atoms with E-state index in [9.17, 15) is 26.4 Å². The van der Waals surface area contributed by atoms with E-state index in [-0.39, 0.29) is 11.5 Å². The van der Waals surface area contributed by atoms with Crippen molar-refractivity contribution in [1.29, 1.82) is 0 Å². The van der Waals surface area contributed by atoms with Crippen molar-refractivity contribution in [2.45, 2.75) is 29.4 Å². The Hall–Kier alpha value is -3.05. The van der Waals surface area contributed by atoms with Gasteiger partial charge in [0.2, 0.25) is 0 Å². The van der Waals surface area contributed by atoms with E-state index in [1.807, 2.05) is 24.3 Å². The number of urea groups is 1. The number of halogens is 3. The van der Waals surface area contributed by atoms with Gasteiger partial charge in [-0.3, -0.25) is 10.3 Å². The molecule has 0 spiro atoms. The lowest BCUT2D eigenvalue weighted by atomic mass is 9.90. The largest absolute Gasteiger partial charge is 0.501 e. The summed E-state index contributed by atoms with van der Waals surface area (Å²) in [4.78, 5) is 17.8. The second kappa shape index (κ2) is 7.52. The minimum atomic E-state index is -5.48. The summed E-state index contributed by atoms with van der Waals surface area (Å²) >= 11 is 5.38. The van der Waals surface area contributed by atoms with Crippen LogP contribution >= 0.6 is 12.2 Å². The summed E-state index contributed by atoms with van der Waals surface area (Å²) in [6, 6.07) is 12.9. The number of hydrogen-bond acceptors (Lipinski definition) is 5. The number of para-hydroxylation sites is 1. The summed E-state index contributed by atoms with van der Waals surface area (Å²) in [6.07, 6.45) is 1.62. The fourth-order valence-electron chi connectivity index (χ4n) is 3.68. The maximum atomic E-state index is 12.9. The van der Waals surface area contributed by atoms with Gasteiger partial charge < -0.3 is 4.90 Å². The molecule has 6 nitrogen and oxygen atoms in total. The molecule has 2 amide bonds. The van der Waals surface area contributed by atoms with Crippen molar-refractivity contribution in [3.8, 4) is 0 Å². The zero-order valence-corrected chi connectivity index (χ0v) is 18.2. The van der Waals surface area contributed by atoms with Crippen LogP contribution in [0.4, 0.5) is 18.0 Å². The van der Waals surface area contributed by atoms with Gasteiger partial charge >= 0.3 is 11.5 Å². The van der Waals surface area contributed by atoms with Gasteiger partial charge in [0.05, 0.1) is 10.4 Å². The average Bonchev–Trinajstić information content (AvgIpc) is 2.97. The van der Waals surface area contributed by atoms with E-state index in [4.69, 9.17) is 12.2 Å². The Morgan fingerprint density at radius 2 is 1.75 bits per heavy atom. The third-order valence-electron chi connectivity index (χ3n) is 5.55. The van der Waals surface area contributed by atoms with Crippen LogP contribution in [0.2, 0.25) is 0 Å². The van der Waals surface area contributed by atoms with Gasteiger partial charge in [0.25, 0.3) is 9.84 Å². The third-order valence-corrected chi connectivity index (χ3v) is 7.55. The molecule has 11 heteroatoms. The lowest BCUT2D eigenvalue weighted by Crippen LogP contribution is -2.43. The minimum Gasteiger partial charge on any atom is -0.304 e. The van der Waals surface area contributed by atoms with Gasteiger partial charge in [-0.2, -0.15) is 13.2 Å². The molecule has 0 radical (unpaired) electrons. The lowest BCUT2D eigenvalue weighted by Gasteiger charge is -2.34. The van der Waals surface area contributed by atoms with Gasteiger partial charge in [-0.05, 0) is 42.3 Å². The van der Waals surface area contributed by atoms with E-state index in [1.54, 1.807) is 19.2 Å². The Bertz CT molecular complexity index is 1340. The Morgan fingerprint density at radius 1 is 1.09 bits per heavy atom. The first-order valence-electron chi connectivity index (χ1n) is 9.34. The van der Waals surface area contributed by atoms with Crippen LogP contribution in [0.5, 0.6) is 0 Å². The third kappa shape index (κ3) is 3.41. The van der Waals surface area contributed by atoms with Crippen molar-refractivity contribution in [1.82, 2.24) is 15.2 Å². The fourth-order valence-corrected chi connectivity index (χ4v) is 4.76. The van der Waals surface area contributed by atoms with Crippen molar-refractivity contribution in [2.75, 3.05) is 0 Å². The number of thiocarbonyl (C=S) groups is 1. The molecule has 1 fully saturated rings. The van der Waals surface area contributed by atoms with Gasteiger partial charge in [0.1, 0.15) is 10.5 Å². The molecule has 0 unspecified atom stereocenters. The Balaban J connectivity index is 1.75. The summed E-state index contributed by atoms with van der Waals surface area (Å²) in [5.74, 6) is 0. The van der Waals surface area contributed by atoms with Crippen molar-refractivity contribution in [2.24, 2.45) is 0 Å². The predicted molar refractivity (Wildman–Crippen MR) is 115 cm³/mol. The monoisotopic (exact) mass is 479 g/mol. The first kappa shape index (κ1) is 22.2. The lowest BCUT2D eigenvalue weighted by molar-refractivity contribution is -0.0436. The van der Waals surface area contributed by atoms with Crippen LogP contribution in [0.1, 0.15) is 18.1 Å². The van der Waals surface area contributed by atoms with Gasteiger partial charge in [0.15, 0.2) is 0 Å². The summed E-state index contributed by atoms with van der Waals surface area (Å²) in [7, 11) is -5.48. The topological polar surface area (TPSA) is 79.4 Å². The molecule has 3 aromatic rings. The number of carbonyl (C=O) groups is 1. The summed E-state index contributed by atoms with van der Waals surface area (Å²) in [6.45, 7) is 1.80. The van der Waals surface area contributed by atoms with Crippen LogP contribution in [0.15, 0.2) is 65.7 Å². The van der Waals surface area contributed by atoms with Crippen LogP contribution in [0.25, 0.3) is 10.9 Å². The molecule has 4 rings (SSSR count). The second-order valence-electron chi connectivity index (χ2n) is 7.38. The van der Waals surface area contributed by atoms with Crippen molar-refractivity contribution < 1.29 is 26.4 Å². The number of carbonyl (C=O) groups excluding carboxylic acids is 1. The van der Waals surface area contributed by atoms with E-state index in [2.05, 4.69) is 10.3 Å². The molecular formula is C21H16F3N3O3S2. The van der Waals surface area contributed by atoms with Crippen molar-refractivity contribution in [3.05, 3.63) is 71.9 Å². The molecule has 2 heterocycles. The van der Waals surface area contributed by atoms with Crippen LogP contribution < -0.4 is 5.32 Å². The van der Waals surface area contributed by atoms with E-state index < -0.39 is 31.8 Å². The number of nitrogens with zero attached hydrogens (tertiary/aromatic N) is 2. The summed E-state index contributed by atoms with van der Waals surface area (Å²) < 4.78 is 62.0. The zero-order valence-electron chi connectivity index (χ0n) is 16.6. The molecule has 0 bridgehead atoms. The Kier molecular flexibility index (Phi) is 5.21. The highest BCUT2D eigenvalue weighted by Crippen LogP contribution is 2.37. The van der Waals surface area contributed by atoms with Gasteiger partial charge in [-0.15, -0.1) is 0 Å². The summed E-state index contributed by atoms with van der Waals surface area (Å²) in [5.41, 5.74) is -4.68. The first-order valence-corrected chi connectivity index (χ1v) is 11.2. The first-order chi connectivity index (χ1) is 15.0. The highest BCUT2D eigenvalue weighted by Gasteiger charge is 2.49. The normalized spacial score (nSPS) is 19.4. The smallest absolute Gasteiger partial charge is 0.304 e. The molecule has 1 N–H and O–H groups in total. The number of alkyl halides is 3. The SMILES string of the molecule is C[C@]1(c2ccc(S(=O)(=O)C(F)(F)F)cc2)C(=S)NC(=O)N1Cc1ccnc2ccccc12. The molecule has 0 saturated carbocycles. The molecule has 166 valence electrons. The Morgan fingerprint density at radius 3 is 2.41 bits per heavy atom. The van der Waals surface area contributed by atoms with Crippen LogP contribution in [0.3, 0.4) is 0 Å². The number of fused-ring (bicyclic) bond motifs is 1. The van der Waals surface area contributed by atoms with Crippen molar-refractivity contribution >= 4 is 44.0 Å². The summed E-state index contributed by atoms with van der Waals surface area (Å²) in [5, 5.41) is 3.44. The minimum absolute atomic E-state index is 0.147. The van der Waals surface area contributed by atoms with E-state index >= 15 is 0 Å². The van der Waals surface area contributed by atoms with Gasteiger partial charge in [-0.25, -0.2) is 13.2 Å². The number of amides is 2. The van der Waals surface area contributed by atoms with Crippen LogP contribution in [-0.4, -0.2) is 34.8 Å². The highest BCUT2D eigenvalue weighted by atomic mass is 32.2. The molecule has 2 aromatic carbocycles. The second-order valence-corrected chi connectivity index (χ2v) is 9.73. The van der Waals surface area contributed by atoms with E-state index in [0.717, 1.165) is 28.6 Å². The molecule has 1 aliphatic heterocycles. The number of benzene rings is 2. The predicted octanol–water partition coefficient (Wildman–Crippen LogP) is 4.30. The fraction of sp³-hybridized carbons (Fsp3) is 0.190. The van der Waals surface area contributed by atoms with Crippen LogP contribution in [-0.2, 0) is 21.9 Å². The number of hydrogen-bond donors (Lipinski definition) is 1. The van der Waals surface area contributed by atoms with Gasteiger partial charge in [0, 0.05) is 18.1 Å². The van der Waals surface area contributed by atoms with E-state index in [0.29, 0.717) is 5.56 Å². The number of nitrogens with one attached hydrogen (secondary N) is 1.